The van der Waals surface area contributed by atoms with E-state index in [0.717, 1.165) is 0 Å². The zero-order valence-electron chi connectivity index (χ0n) is 21.5. The Morgan fingerprint density at radius 2 is 0.875 bits per heavy atom. The highest BCUT2D eigenvalue weighted by atomic mass is 32.2. The fourth-order valence-corrected chi connectivity index (χ4v) is 8.97. The molecule has 186 valence electrons. The lowest BCUT2D eigenvalue weighted by Gasteiger charge is -2.45. The first-order valence-electron chi connectivity index (χ1n) is 13.6. The van der Waals surface area contributed by atoms with Crippen molar-refractivity contribution in [2.75, 3.05) is 4.90 Å². The summed E-state index contributed by atoms with van der Waals surface area (Å²) in [5, 5.41) is 0. The number of benzene rings is 6. The zero-order valence-corrected chi connectivity index (χ0v) is 23.2. The van der Waals surface area contributed by atoms with Gasteiger partial charge >= 0.3 is 0 Å². The van der Waals surface area contributed by atoms with Crippen molar-refractivity contribution in [3.63, 3.8) is 0 Å². The van der Waals surface area contributed by atoms with Gasteiger partial charge in [0.05, 0.1) is 17.1 Å². The van der Waals surface area contributed by atoms with Gasteiger partial charge in [-0.05, 0) is 57.4 Å². The van der Waals surface area contributed by atoms with Gasteiger partial charge in [-0.2, -0.15) is 0 Å². The molecule has 0 saturated heterocycles. The highest BCUT2D eigenvalue weighted by Gasteiger charge is 2.44. The minimum atomic E-state index is 0.139. The Bertz CT molecular complexity index is 1840. The molecule has 9 rings (SSSR count). The summed E-state index contributed by atoms with van der Waals surface area (Å²) in [6, 6.07) is 49.3. The molecule has 3 aliphatic heterocycles. The van der Waals surface area contributed by atoms with E-state index in [1.165, 1.54) is 75.3 Å². The lowest BCUT2D eigenvalue weighted by Crippen LogP contribution is -2.58. The monoisotopic (exact) mass is 543 g/mol. The molecular weight excluding hydrogens is 521 g/mol. The third-order valence-corrected chi connectivity index (χ3v) is 10.4. The van der Waals surface area contributed by atoms with Crippen molar-refractivity contribution < 1.29 is 0 Å². The van der Waals surface area contributed by atoms with Gasteiger partial charge in [0.2, 0.25) is 6.71 Å². The summed E-state index contributed by atoms with van der Waals surface area (Å²) in [6.07, 6.45) is 0. The Labute approximate surface area is 243 Å². The van der Waals surface area contributed by atoms with E-state index in [9.17, 15) is 0 Å². The molecule has 0 bridgehead atoms. The maximum atomic E-state index is 2.59. The standard InChI is InChI=1S/C36H22BNS2/c1-4-11-23(12-5-1)25-19-28-34-32(21-25)39-30-17-10-18-31-36(30)38(34)35-29(37(28)27-15-8-3-9-16-27)20-26(22-33(35)40-31)24-13-6-2-7-14-24/h1-22H. The van der Waals surface area contributed by atoms with Crippen molar-refractivity contribution in [1.82, 2.24) is 0 Å². The predicted octanol–water partition coefficient (Wildman–Crippen LogP) is 8.25. The summed E-state index contributed by atoms with van der Waals surface area (Å²) >= 11 is 3.84. The first kappa shape index (κ1) is 22.7. The Hall–Kier alpha value is -4.12. The van der Waals surface area contributed by atoms with Crippen molar-refractivity contribution >= 4 is 63.7 Å². The van der Waals surface area contributed by atoms with Gasteiger partial charge in [0.25, 0.3) is 0 Å². The molecule has 6 aromatic rings. The van der Waals surface area contributed by atoms with Crippen molar-refractivity contribution in [3.8, 4) is 22.3 Å². The van der Waals surface area contributed by atoms with Gasteiger partial charge in [0.15, 0.2) is 0 Å². The lowest BCUT2D eigenvalue weighted by atomic mass is 9.35. The summed E-state index contributed by atoms with van der Waals surface area (Å²) in [6.45, 7) is 0.139. The molecule has 0 N–H and O–H groups in total. The molecule has 0 saturated carbocycles. The average molecular weight is 544 g/mol. The molecule has 0 radical (unpaired) electrons. The van der Waals surface area contributed by atoms with Crippen LogP contribution in [0.1, 0.15) is 0 Å². The minimum Gasteiger partial charge on any atom is -0.307 e. The molecule has 0 atom stereocenters. The molecule has 3 heterocycles. The molecule has 4 heteroatoms. The van der Waals surface area contributed by atoms with Gasteiger partial charge in [-0.1, -0.05) is 138 Å². The first-order valence-corrected chi connectivity index (χ1v) is 15.3. The van der Waals surface area contributed by atoms with Crippen LogP contribution in [0.15, 0.2) is 153 Å². The SMILES string of the molecule is c1ccc(B2c3cc(-c4ccccc4)cc4c3N3c5c(cccc5Sc5cc(-c6ccccc6)cc2c53)S4)cc1. The Morgan fingerprint density at radius 1 is 0.400 bits per heavy atom. The number of hydrogen-bond donors (Lipinski definition) is 0. The van der Waals surface area contributed by atoms with Crippen LogP contribution < -0.4 is 21.3 Å². The van der Waals surface area contributed by atoms with Gasteiger partial charge in [-0.3, -0.25) is 0 Å². The molecule has 0 amide bonds. The van der Waals surface area contributed by atoms with Crippen LogP contribution in [0.5, 0.6) is 0 Å². The second-order valence-corrected chi connectivity index (χ2v) is 12.7. The number of para-hydroxylation sites is 1. The van der Waals surface area contributed by atoms with E-state index in [4.69, 9.17) is 0 Å². The van der Waals surface area contributed by atoms with Crippen LogP contribution in [0.25, 0.3) is 22.3 Å². The Balaban J connectivity index is 1.40. The van der Waals surface area contributed by atoms with E-state index in [-0.39, 0.29) is 6.71 Å². The smallest absolute Gasteiger partial charge is 0.246 e. The Morgan fingerprint density at radius 3 is 1.38 bits per heavy atom. The van der Waals surface area contributed by atoms with Gasteiger partial charge in [-0.25, -0.2) is 0 Å². The second-order valence-electron chi connectivity index (χ2n) is 10.5. The molecule has 40 heavy (non-hydrogen) atoms. The highest BCUT2D eigenvalue weighted by molar-refractivity contribution is 8.00. The maximum Gasteiger partial charge on any atom is 0.246 e. The number of rotatable bonds is 3. The normalized spacial score (nSPS) is 13.7. The fourth-order valence-electron chi connectivity index (χ4n) is 6.56. The third kappa shape index (κ3) is 3.27. The number of nitrogens with zero attached hydrogens (tertiary/aromatic N) is 1. The van der Waals surface area contributed by atoms with Crippen LogP contribution >= 0.6 is 23.5 Å². The van der Waals surface area contributed by atoms with Gasteiger partial charge < -0.3 is 4.90 Å². The molecular formula is C36H22BNS2. The summed E-state index contributed by atoms with van der Waals surface area (Å²) < 4.78 is 0. The molecule has 1 nitrogen and oxygen atoms in total. The summed E-state index contributed by atoms with van der Waals surface area (Å²) in [5.41, 5.74) is 13.2. The molecule has 0 spiro atoms. The van der Waals surface area contributed by atoms with Crippen molar-refractivity contribution in [3.05, 3.63) is 133 Å². The van der Waals surface area contributed by atoms with E-state index >= 15 is 0 Å². The van der Waals surface area contributed by atoms with Gasteiger partial charge in [0, 0.05) is 19.6 Å². The van der Waals surface area contributed by atoms with E-state index in [2.05, 4.69) is 138 Å². The second kappa shape index (κ2) is 8.69. The van der Waals surface area contributed by atoms with E-state index in [1.54, 1.807) is 0 Å². The fraction of sp³-hybridized carbons (Fsp3) is 0. The lowest BCUT2D eigenvalue weighted by molar-refractivity contribution is 1.09. The minimum absolute atomic E-state index is 0.139. The molecule has 3 aliphatic rings. The summed E-state index contributed by atoms with van der Waals surface area (Å²) in [7, 11) is 0. The molecule has 0 aromatic heterocycles. The van der Waals surface area contributed by atoms with E-state index < -0.39 is 0 Å². The predicted molar refractivity (Wildman–Crippen MR) is 171 cm³/mol. The summed E-state index contributed by atoms with van der Waals surface area (Å²) in [4.78, 5) is 7.91. The average Bonchev–Trinajstić information content (AvgIpc) is 3.02. The van der Waals surface area contributed by atoms with Crippen LogP contribution in [-0.2, 0) is 0 Å². The number of anilines is 3. The largest absolute Gasteiger partial charge is 0.307 e. The van der Waals surface area contributed by atoms with E-state index in [0.29, 0.717) is 0 Å². The zero-order chi connectivity index (χ0) is 26.2. The molecule has 0 unspecified atom stereocenters. The summed E-state index contributed by atoms with van der Waals surface area (Å²) in [5.74, 6) is 0. The maximum absolute atomic E-state index is 2.59. The van der Waals surface area contributed by atoms with Gasteiger partial charge in [-0.15, -0.1) is 0 Å². The van der Waals surface area contributed by atoms with E-state index in [1.807, 2.05) is 23.5 Å². The van der Waals surface area contributed by atoms with Crippen LogP contribution in [0.3, 0.4) is 0 Å². The van der Waals surface area contributed by atoms with Crippen LogP contribution in [0, 0.1) is 0 Å². The topological polar surface area (TPSA) is 3.24 Å². The van der Waals surface area contributed by atoms with Crippen molar-refractivity contribution in [1.29, 1.82) is 0 Å². The van der Waals surface area contributed by atoms with Gasteiger partial charge in [0.1, 0.15) is 0 Å². The number of hydrogen-bond acceptors (Lipinski definition) is 3. The van der Waals surface area contributed by atoms with Crippen molar-refractivity contribution in [2.24, 2.45) is 0 Å². The molecule has 0 aliphatic carbocycles. The van der Waals surface area contributed by atoms with Crippen LogP contribution in [-0.4, -0.2) is 6.71 Å². The van der Waals surface area contributed by atoms with Crippen molar-refractivity contribution in [2.45, 2.75) is 19.6 Å². The Kier molecular flexibility index (Phi) is 4.93. The van der Waals surface area contributed by atoms with Crippen LogP contribution in [0.4, 0.5) is 17.1 Å². The van der Waals surface area contributed by atoms with Crippen LogP contribution in [0.2, 0.25) is 0 Å². The first-order chi connectivity index (χ1) is 19.8. The quantitative estimate of drug-likeness (QED) is 0.207. The highest BCUT2D eigenvalue weighted by Crippen LogP contribution is 2.60. The molecule has 6 aromatic carbocycles. The third-order valence-electron chi connectivity index (χ3n) is 8.25. The molecule has 0 fully saturated rings.